The first-order chi connectivity index (χ1) is 10.8. The number of ketones is 1. The quantitative estimate of drug-likeness (QED) is 0.682. The third kappa shape index (κ3) is 2.62. The second-order valence-electron chi connectivity index (χ2n) is 7.74. The molecule has 3 atom stereocenters. The molecule has 2 bridgehead atoms. The van der Waals surface area contributed by atoms with E-state index in [0.717, 1.165) is 18.4 Å². The summed E-state index contributed by atoms with van der Waals surface area (Å²) in [6, 6.07) is 9.65. The van der Waals surface area contributed by atoms with Crippen LogP contribution >= 0.6 is 0 Å². The largest absolute Gasteiger partial charge is 0.346 e. The lowest BCUT2D eigenvalue weighted by Gasteiger charge is -2.39. The molecule has 2 saturated carbocycles. The van der Waals surface area contributed by atoms with E-state index in [2.05, 4.69) is 26.1 Å². The van der Waals surface area contributed by atoms with E-state index in [1.807, 2.05) is 30.3 Å². The molecule has 0 heterocycles. The van der Waals surface area contributed by atoms with E-state index in [9.17, 15) is 9.59 Å². The first kappa shape index (κ1) is 16.0. The molecule has 1 aromatic rings. The van der Waals surface area contributed by atoms with Gasteiger partial charge in [0.2, 0.25) is 5.78 Å². The molecule has 3 rings (SSSR count). The second kappa shape index (κ2) is 5.63. The summed E-state index contributed by atoms with van der Waals surface area (Å²) in [6.07, 6.45) is 6.41. The van der Waals surface area contributed by atoms with E-state index in [4.69, 9.17) is 0 Å². The summed E-state index contributed by atoms with van der Waals surface area (Å²) in [4.78, 5) is 24.3. The van der Waals surface area contributed by atoms with Gasteiger partial charge in [-0.3, -0.25) is 9.59 Å². The Labute approximate surface area is 138 Å². The highest BCUT2D eigenvalue weighted by atomic mass is 16.2. The van der Waals surface area contributed by atoms with Crippen molar-refractivity contribution in [2.24, 2.45) is 16.7 Å². The molecule has 1 N–H and O–H groups in total. The smallest absolute Gasteiger partial charge is 0.291 e. The molecule has 23 heavy (non-hydrogen) atoms. The Morgan fingerprint density at radius 1 is 1.17 bits per heavy atom. The third-order valence-electron chi connectivity index (χ3n) is 6.55. The van der Waals surface area contributed by atoms with Crippen molar-refractivity contribution in [1.29, 1.82) is 0 Å². The topological polar surface area (TPSA) is 46.2 Å². The van der Waals surface area contributed by atoms with E-state index >= 15 is 0 Å². The van der Waals surface area contributed by atoms with Crippen LogP contribution in [-0.4, -0.2) is 17.7 Å². The number of benzene rings is 1. The fraction of sp³-hybridized carbons (Fsp3) is 0.500. The molecular formula is C20H25NO2. The van der Waals surface area contributed by atoms with Crippen LogP contribution in [0.15, 0.2) is 36.4 Å². The zero-order valence-corrected chi connectivity index (χ0v) is 14.1. The van der Waals surface area contributed by atoms with Crippen LogP contribution < -0.4 is 5.32 Å². The van der Waals surface area contributed by atoms with Crippen LogP contribution in [0.2, 0.25) is 0 Å². The highest BCUT2D eigenvalue weighted by molar-refractivity contribution is 6.41. The van der Waals surface area contributed by atoms with Crippen LogP contribution in [0.25, 0.3) is 6.08 Å². The Bertz CT molecular complexity index is 647. The van der Waals surface area contributed by atoms with Gasteiger partial charge in [-0.1, -0.05) is 57.2 Å². The Hall–Kier alpha value is -1.90. The first-order valence-corrected chi connectivity index (χ1v) is 8.42. The summed E-state index contributed by atoms with van der Waals surface area (Å²) < 4.78 is 0. The maximum Gasteiger partial charge on any atom is 0.291 e. The molecule has 0 aromatic heterocycles. The standard InChI is InChI=1S/C20H25NO2/c1-19(2)15-11-12-20(19,3)17(13-15)21-18(23)16(22)10-9-14-7-5-4-6-8-14/h4-10,15,17H,11-13H2,1-3H3,(H,21,23)/t15-,17+,20+/m1/s1. The number of hydrogen-bond acceptors (Lipinski definition) is 2. The Balaban J connectivity index is 1.64. The van der Waals surface area contributed by atoms with Gasteiger partial charge in [0.15, 0.2) is 0 Å². The van der Waals surface area contributed by atoms with Crippen molar-refractivity contribution >= 4 is 17.8 Å². The van der Waals surface area contributed by atoms with Gasteiger partial charge in [0, 0.05) is 6.04 Å². The highest BCUT2D eigenvalue weighted by Crippen LogP contribution is 2.65. The number of amides is 1. The number of carbonyl (C=O) groups excluding carboxylic acids is 2. The zero-order chi connectivity index (χ0) is 16.7. The van der Waals surface area contributed by atoms with Gasteiger partial charge in [0.1, 0.15) is 0 Å². The SMILES string of the molecule is CC1(C)[C@@H]2CC[C@@]1(C)[C@@H](NC(=O)C(=O)C=Cc1ccccc1)C2. The fourth-order valence-corrected chi connectivity index (χ4v) is 4.46. The molecule has 1 amide bonds. The summed E-state index contributed by atoms with van der Waals surface area (Å²) in [5.41, 5.74) is 1.24. The molecule has 122 valence electrons. The minimum atomic E-state index is -0.480. The molecule has 0 spiro atoms. The zero-order valence-electron chi connectivity index (χ0n) is 14.1. The van der Waals surface area contributed by atoms with Gasteiger partial charge in [-0.25, -0.2) is 0 Å². The molecule has 3 nitrogen and oxygen atoms in total. The molecular weight excluding hydrogens is 286 g/mol. The summed E-state index contributed by atoms with van der Waals surface area (Å²) >= 11 is 0. The molecule has 0 saturated heterocycles. The van der Waals surface area contributed by atoms with Gasteiger partial charge < -0.3 is 5.32 Å². The fourth-order valence-electron chi connectivity index (χ4n) is 4.46. The number of rotatable bonds is 4. The molecule has 0 radical (unpaired) electrons. The average Bonchev–Trinajstić information content (AvgIpc) is 2.87. The van der Waals surface area contributed by atoms with Crippen LogP contribution in [-0.2, 0) is 9.59 Å². The molecule has 2 aliphatic carbocycles. The maximum atomic E-state index is 12.2. The minimum absolute atomic E-state index is 0.0940. The predicted molar refractivity (Wildman–Crippen MR) is 91.6 cm³/mol. The summed E-state index contributed by atoms with van der Waals surface area (Å²) in [5, 5.41) is 3.00. The molecule has 0 aliphatic heterocycles. The second-order valence-corrected chi connectivity index (χ2v) is 7.74. The number of hydrogen-bond donors (Lipinski definition) is 1. The molecule has 0 unspecified atom stereocenters. The Morgan fingerprint density at radius 3 is 2.43 bits per heavy atom. The molecule has 2 aliphatic rings. The van der Waals surface area contributed by atoms with Crippen molar-refractivity contribution in [1.82, 2.24) is 5.32 Å². The van der Waals surface area contributed by atoms with Gasteiger partial charge >= 0.3 is 0 Å². The summed E-state index contributed by atoms with van der Waals surface area (Å²) in [6.45, 7) is 6.86. The van der Waals surface area contributed by atoms with Crippen LogP contribution in [0.5, 0.6) is 0 Å². The van der Waals surface area contributed by atoms with E-state index in [-0.39, 0.29) is 16.9 Å². The summed E-state index contributed by atoms with van der Waals surface area (Å²) in [7, 11) is 0. The number of carbonyl (C=O) groups is 2. The van der Waals surface area contributed by atoms with Crippen LogP contribution in [0.4, 0.5) is 0 Å². The van der Waals surface area contributed by atoms with Crippen molar-refractivity contribution in [3.63, 3.8) is 0 Å². The van der Waals surface area contributed by atoms with Crippen molar-refractivity contribution in [3.8, 4) is 0 Å². The van der Waals surface area contributed by atoms with E-state index in [0.29, 0.717) is 5.92 Å². The highest BCUT2D eigenvalue weighted by Gasteiger charge is 2.61. The molecule has 3 heteroatoms. The van der Waals surface area contributed by atoms with Crippen molar-refractivity contribution in [3.05, 3.63) is 42.0 Å². The van der Waals surface area contributed by atoms with Crippen LogP contribution in [0.3, 0.4) is 0 Å². The van der Waals surface area contributed by atoms with Crippen molar-refractivity contribution in [2.45, 2.75) is 46.1 Å². The first-order valence-electron chi connectivity index (χ1n) is 8.42. The minimum Gasteiger partial charge on any atom is -0.346 e. The van der Waals surface area contributed by atoms with Crippen molar-refractivity contribution in [2.75, 3.05) is 0 Å². The van der Waals surface area contributed by atoms with Gasteiger partial charge in [-0.15, -0.1) is 0 Å². The summed E-state index contributed by atoms with van der Waals surface area (Å²) in [5.74, 6) is -0.308. The van der Waals surface area contributed by atoms with Crippen LogP contribution in [0.1, 0.15) is 45.6 Å². The third-order valence-corrected chi connectivity index (χ3v) is 6.55. The average molecular weight is 311 g/mol. The predicted octanol–water partition coefficient (Wildman–Crippen LogP) is 3.60. The van der Waals surface area contributed by atoms with E-state index in [1.54, 1.807) is 6.08 Å². The monoisotopic (exact) mass is 311 g/mol. The van der Waals surface area contributed by atoms with Crippen LogP contribution in [0, 0.1) is 16.7 Å². The number of fused-ring (bicyclic) bond motifs is 2. The van der Waals surface area contributed by atoms with Crippen molar-refractivity contribution < 1.29 is 9.59 Å². The van der Waals surface area contributed by atoms with Gasteiger partial charge in [0.25, 0.3) is 5.91 Å². The molecule has 1 aromatic carbocycles. The van der Waals surface area contributed by atoms with Gasteiger partial charge in [-0.2, -0.15) is 0 Å². The maximum absolute atomic E-state index is 12.2. The number of nitrogens with one attached hydrogen (secondary N) is 1. The Kier molecular flexibility index (Phi) is 3.91. The van der Waals surface area contributed by atoms with E-state index in [1.165, 1.54) is 12.5 Å². The van der Waals surface area contributed by atoms with E-state index < -0.39 is 11.7 Å². The lowest BCUT2D eigenvalue weighted by atomic mass is 9.69. The Morgan fingerprint density at radius 2 is 1.87 bits per heavy atom. The lowest BCUT2D eigenvalue weighted by molar-refractivity contribution is -0.136. The lowest BCUT2D eigenvalue weighted by Crippen LogP contribution is -2.48. The molecule has 2 fully saturated rings. The normalized spacial score (nSPS) is 31.4. The van der Waals surface area contributed by atoms with Gasteiger partial charge in [0.05, 0.1) is 0 Å². The van der Waals surface area contributed by atoms with Gasteiger partial charge in [-0.05, 0) is 47.6 Å².